The van der Waals surface area contributed by atoms with Gasteiger partial charge in [0, 0.05) is 29.8 Å². The first-order valence-corrected chi connectivity index (χ1v) is 11.7. The smallest absolute Gasteiger partial charge is 0.262 e. The predicted octanol–water partition coefficient (Wildman–Crippen LogP) is 6.32. The number of nitrogens with zero attached hydrogens (tertiary/aromatic N) is 3. The number of aliphatic imine (C=N–C) groups is 1. The van der Waals surface area contributed by atoms with Gasteiger partial charge in [0.05, 0.1) is 6.04 Å². The summed E-state index contributed by atoms with van der Waals surface area (Å²) in [4.78, 5) is 22.8. The Kier molecular flexibility index (Phi) is 5.88. The Hall–Kier alpha value is -1.95. The zero-order chi connectivity index (χ0) is 22.5. The average molecular weight is 474 g/mol. The molecule has 7 heteroatoms. The molecule has 2 aliphatic rings. The minimum Gasteiger partial charge on any atom is -0.344 e. The molecular weight excluding hydrogens is 449 g/mol. The Balaban J connectivity index is 1.91. The average Bonchev–Trinajstić information content (AvgIpc) is 3.21. The number of amidine groups is 1. The third-order valence-corrected chi connectivity index (χ3v) is 7.33. The van der Waals surface area contributed by atoms with E-state index >= 15 is 0 Å². The van der Waals surface area contributed by atoms with E-state index in [0.29, 0.717) is 10.0 Å². The number of carbonyl (C=O) groups is 1. The minimum atomic E-state index is -0.548. The van der Waals surface area contributed by atoms with Crippen LogP contribution in [-0.4, -0.2) is 35.0 Å². The lowest BCUT2D eigenvalue weighted by Crippen LogP contribution is -2.36. The van der Waals surface area contributed by atoms with Gasteiger partial charge in [-0.3, -0.25) is 4.79 Å². The molecule has 0 N–H and O–H groups in total. The van der Waals surface area contributed by atoms with E-state index in [1.807, 2.05) is 48.5 Å². The number of allylic oxidation sites excluding steroid dienone is 1. The van der Waals surface area contributed by atoms with Crippen molar-refractivity contribution < 1.29 is 4.79 Å². The molecule has 4 rings (SSSR count). The van der Waals surface area contributed by atoms with Crippen LogP contribution in [0.5, 0.6) is 0 Å². The topological polar surface area (TPSA) is 35.9 Å². The SMILES string of the molecule is CC(C)C1=C(C(=O)N(C)C)SC2=NC(C)(c3ccc(Cl)cc3)C(c3ccc(Cl)cc3)N21. The number of halogens is 2. The van der Waals surface area contributed by atoms with Crippen LogP contribution >= 0.6 is 35.0 Å². The van der Waals surface area contributed by atoms with E-state index in [2.05, 4.69) is 25.7 Å². The molecule has 0 radical (unpaired) electrons. The Bertz CT molecular complexity index is 1080. The van der Waals surface area contributed by atoms with Gasteiger partial charge < -0.3 is 9.80 Å². The number of benzene rings is 2. The highest BCUT2D eigenvalue weighted by Gasteiger charge is 2.53. The van der Waals surface area contributed by atoms with Crippen molar-refractivity contribution in [2.24, 2.45) is 10.9 Å². The molecule has 2 aliphatic heterocycles. The summed E-state index contributed by atoms with van der Waals surface area (Å²) in [5.41, 5.74) is 2.63. The van der Waals surface area contributed by atoms with Gasteiger partial charge in [0.25, 0.3) is 5.91 Å². The van der Waals surface area contributed by atoms with Gasteiger partial charge in [-0.1, -0.05) is 61.3 Å². The van der Waals surface area contributed by atoms with E-state index in [-0.39, 0.29) is 17.9 Å². The van der Waals surface area contributed by atoms with E-state index in [4.69, 9.17) is 28.2 Å². The fourth-order valence-electron chi connectivity index (χ4n) is 4.27. The summed E-state index contributed by atoms with van der Waals surface area (Å²) in [6, 6.07) is 15.7. The number of fused-ring (bicyclic) bond motifs is 1. The van der Waals surface area contributed by atoms with Crippen molar-refractivity contribution >= 4 is 46.0 Å². The number of thioether (sulfide) groups is 1. The second kappa shape index (κ2) is 8.19. The van der Waals surface area contributed by atoms with Gasteiger partial charge in [0.15, 0.2) is 5.17 Å². The van der Waals surface area contributed by atoms with Gasteiger partial charge in [-0.05, 0) is 60.0 Å². The molecule has 0 aliphatic carbocycles. The second-order valence-corrected chi connectivity index (χ2v) is 10.4. The number of rotatable bonds is 4. The molecule has 0 fully saturated rings. The number of likely N-dealkylation sites (N-methyl/N-ethyl adjacent to an activating group) is 1. The fourth-order valence-corrected chi connectivity index (χ4v) is 5.95. The molecule has 0 saturated heterocycles. The van der Waals surface area contributed by atoms with Crippen molar-refractivity contribution in [3.63, 3.8) is 0 Å². The zero-order valence-electron chi connectivity index (χ0n) is 18.2. The van der Waals surface area contributed by atoms with E-state index in [1.54, 1.807) is 19.0 Å². The van der Waals surface area contributed by atoms with Gasteiger partial charge >= 0.3 is 0 Å². The molecule has 2 atom stereocenters. The number of amides is 1. The third-order valence-electron chi connectivity index (χ3n) is 5.77. The molecule has 0 spiro atoms. The molecule has 2 unspecified atom stereocenters. The molecule has 31 heavy (non-hydrogen) atoms. The normalized spacial score (nSPS) is 22.8. The van der Waals surface area contributed by atoms with Crippen LogP contribution in [0.1, 0.15) is 37.9 Å². The van der Waals surface area contributed by atoms with Crippen LogP contribution in [0, 0.1) is 5.92 Å². The molecular formula is C24H25Cl2N3OS. The molecule has 2 aromatic rings. The van der Waals surface area contributed by atoms with E-state index in [9.17, 15) is 4.79 Å². The lowest BCUT2D eigenvalue weighted by Gasteiger charge is -2.37. The zero-order valence-corrected chi connectivity index (χ0v) is 20.5. The maximum atomic E-state index is 13.0. The Labute approximate surface area is 197 Å². The second-order valence-electron chi connectivity index (χ2n) is 8.54. The van der Waals surface area contributed by atoms with Crippen LogP contribution in [0.4, 0.5) is 0 Å². The van der Waals surface area contributed by atoms with Gasteiger partial charge in [-0.15, -0.1) is 0 Å². The predicted molar refractivity (Wildman–Crippen MR) is 130 cm³/mol. The van der Waals surface area contributed by atoms with Gasteiger partial charge in [0.2, 0.25) is 0 Å². The van der Waals surface area contributed by atoms with Crippen LogP contribution in [0.3, 0.4) is 0 Å². The van der Waals surface area contributed by atoms with Crippen molar-refractivity contribution in [1.29, 1.82) is 0 Å². The van der Waals surface area contributed by atoms with Gasteiger partial charge in [0.1, 0.15) is 10.4 Å². The highest BCUT2D eigenvalue weighted by atomic mass is 35.5. The maximum Gasteiger partial charge on any atom is 0.262 e. The summed E-state index contributed by atoms with van der Waals surface area (Å²) in [5.74, 6) is 0.162. The van der Waals surface area contributed by atoms with Crippen LogP contribution < -0.4 is 0 Å². The molecule has 1 amide bonds. The summed E-state index contributed by atoms with van der Waals surface area (Å²) in [6.07, 6.45) is 0. The first-order valence-electron chi connectivity index (χ1n) is 10.2. The summed E-state index contributed by atoms with van der Waals surface area (Å²) in [7, 11) is 3.57. The third kappa shape index (κ3) is 3.77. The molecule has 2 aromatic carbocycles. The van der Waals surface area contributed by atoms with Crippen molar-refractivity contribution in [3.8, 4) is 0 Å². The molecule has 0 bridgehead atoms. The Morgan fingerprint density at radius 3 is 2.13 bits per heavy atom. The number of hydrogen-bond donors (Lipinski definition) is 0. The summed E-state index contributed by atoms with van der Waals surface area (Å²) in [5, 5.41) is 2.24. The highest BCUT2D eigenvalue weighted by molar-refractivity contribution is 8.18. The fraction of sp³-hybridized carbons (Fsp3) is 0.333. The molecule has 0 aromatic heterocycles. The van der Waals surface area contributed by atoms with Gasteiger partial charge in [-0.25, -0.2) is 4.99 Å². The van der Waals surface area contributed by atoms with Crippen LogP contribution in [0.2, 0.25) is 10.0 Å². The molecule has 0 saturated carbocycles. The van der Waals surface area contributed by atoms with Crippen LogP contribution in [0.25, 0.3) is 0 Å². The van der Waals surface area contributed by atoms with E-state index in [0.717, 1.165) is 26.9 Å². The summed E-state index contributed by atoms with van der Waals surface area (Å²) < 4.78 is 0. The standard InChI is InChI=1S/C24H25Cl2N3OS/c1-14(2)19-20(22(30)28(4)5)31-23-27-24(3,16-8-12-18(26)13-9-16)21(29(19)23)15-6-10-17(25)11-7-15/h6-14,21H,1-5H3. The van der Waals surface area contributed by atoms with Crippen molar-refractivity contribution in [1.82, 2.24) is 9.80 Å². The highest BCUT2D eigenvalue weighted by Crippen LogP contribution is 2.56. The minimum absolute atomic E-state index is 0.00820. The quantitative estimate of drug-likeness (QED) is 0.520. The molecule has 162 valence electrons. The van der Waals surface area contributed by atoms with Crippen molar-refractivity contribution in [2.45, 2.75) is 32.4 Å². The lowest BCUT2D eigenvalue weighted by atomic mass is 9.81. The van der Waals surface area contributed by atoms with Crippen molar-refractivity contribution in [3.05, 3.63) is 80.3 Å². The number of hydrogen-bond acceptors (Lipinski definition) is 4. The van der Waals surface area contributed by atoms with Gasteiger partial charge in [-0.2, -0.15) is 0 Å². The number of carbonyl (C=O) groups excluding carboxylic acids is 1. The van der Waals surface area contributed by atoms with E-state index in [1.165, 1.54) is 11.8 Å². The summed E-state index contributed by atoms with van der Waals surface area (Å²) >= 11 is 13.8. The maximum absolute atomic E-state index is 13.0. The first-order chi connectivity index (χ1) is 14.6. The Morgan fingerprint density at radius 2 is 1.61 bits per heavy atom. The molecule has 2 heterocycles. The van der Waals surface area contributed by atoms with E-state index < -0.39 is 5.54 Å². The summed E-state index contributed by atoms with van der Waals surface area (Å²) in [6.45, 7) is 6.39. The first kappa shape index (κ1) is 22.3. The Morgan fingerprint density at radius 1 is 1.06 bits per heavy atom. The monoisotopic (exact) mass is 473 g/mol. The largest absolute Gasteiger partial charge is 0.344 e. The lowest BCUT2D eigenvalue weighted by molar-refractivity contribution is -0.124. The van der Waals surface area contributed by atoms with Crippen molar-refractivity contribution in [2.75, 3.05) is 14.1 Å². The van der Waals surface area contributed by atoms with Crippen LogP contribution in [0.15, 0.2) is 64.1 Å². The molecule has 4 nitrogen and oxygen atoms in total. The van der Waals surface area contributed by atoms with Crippen LogP contribution in [-0.2, 0) is 10.3 Å².